The standard InChI is InChI=1S/C22H25Cl2N3O4S/c1-13(2)20(29)26-8-3-4-15(12-26)19(28)25-7-9-27-21(30)18(32-22(27)31)10-14-5-6-16(23)11-17(14)24/h5-6,10-11,13,15H,3-4,7-9,12H2,1-2H3,(H,25,28)/b18-10-. The Bertz CT molecular complexity index is 966. The van der Waals surface area contributed by atoms with Crippen LogP contribution < -0.4 is 5.32 Å². The minimum absolute atomic E-state index is 0.0490. The quantitative estimate of drug-likeness (QED) is 0.599. The van der Waals surface area contributed by atoms with Gasteiger partial charge in [-0.05, 0) is 48.4 Å². The Morgan fingerprint density at radius 1 is 1.28 bits per heavy atom. The van der Waals surface area contributed by atoms with E-state index in [0.717, 1.165) is 23.1 Å². The number of imide groups is 1. The Labute approximate surface area is 201 Å². The first-order valence-electron chi connectivity index (χ1n) is 10.4. The number of halogens is 2. The van der Waals surface area contributed by atoms with Gasteiger partial charge in [0.1, 0.15) is 0 Å². The first kappa shape index (κ1) is 24.6. The van der Waals surface area contributed by atoms with Gasteiger partial charge in [0, 0.05) is 42.1 Å². The molecule has 32 heavy (non-hydrogen) atoms. The van der Waals surface area contributed by atoms with Crippen LogP contribution in [0.15, 0.2) is 23.1 Å². The van der Waals surface area contributed by atoms with Gasteiger partial charge < -0.3 is 10.2 Å². The molecule has 1 aromatic carbocycles. The van der Waals surface area contributed by atoms with Crippen molar-refractivity contribution in [1.29, 1.82) is 0 Å². The summed E-state index contributed by atoms with van der Waals surface area (Å²) in [4.78, 5) is 52.8. The van der Waals surface area contributed by atoms with Crippen LogP contribution in [0.3, 0.4) is 0 Å². The first-order chi connectivity index (χ1) is 15.2. The molecule has 0 spiro atoms. The first-order valence-corrected chi connectivity index (χ1v) is 12.0. The molecule has 0 saturated carbocycles. The van der Waals surface area contributed by atoms with Gasteiger partial charge in [0.05, 0.1) is 10.8 Å². The fraction of sp³-hybridized carbons (Fsp3) is 0.455. The Balaban J connectivity index is 1.54. The fourth-order valence-electron chi connectivity index (χ4n) is 3.64. The topological polar surface area (TPSA) is 86.8 Å². The van der Waals surface area contributed by atoms with Crippen molar-refractivity contribution in [3.05, 3.63) is 38.7 Å². The number of hydrogen-bond donors (Lipinski definition) is 1. The Morgan fingerprint density at radius 2 is 2.03 bits per heavy atom. The molecule has 7 nitrogen and oxygen atoms in total. The van der Waals surface area contributed by atoms with Crippen LogP contribution in [0.1, 0.15) is 32.3 Å². The van der Waals surface area contributed by atoms with Crippen molar-refractivity contribution in [2.24, 2.45) is 11.8 Å². The molecular formula is C22H25Cl2N3O4S. The number of likely N-dealkylation sites (tertiary alicyclic amines) is 1. The molecule has 2 saturated heterocycles. The molecule has 2 aliphatic heterocycles. The van der Waals surface area contributed by atoms with E-state index in [9.17, 15) is 19.2 Å². The summed E-state index contributed by atoms with van der Waals surface area (Å²) in [5.74, 6) is -0.930. The lowest BCUT2D eigenvalue weighted by Gasteiger charge is -2.33. The third-order valence-electron chi connectivity index (χ3n) is 5.36. The van der Waals surface area contributed by atoms with Crippen molar-refractivity contribution in [2.75, 3.05) is 26.2 Å². The van der Waals surface area contributed by atoms with Crippen LogP contribution in [0.5, 0.6) is 0 Å². The zero-order chi connectivity index (χ0) is 23.4. The highest BCUT2D eigenvalue weighted by atomic mass is 35.5. The molecule has 0 aliphatic carbocycles. The highest BCUT2D eigenvalue weighted by Crippen LogP contribution is 2.33. The number of hydrogen-bond acceptors (Lipinski definition) is 5. The second kappa shape index (κ2) is 10.7. The smallest absolute Gasteiger partial charge is 0.293 e. The molecule has 172 valence electrons. The average molecular weight is 498 g/mol. The molecule has 2 aliphatic rings. The number of carbonyl (C=O) groups is 4. The van der Waals surface area contributed by atoms with Gasteiger partial charge in [-0.3, -0.25) is 24.1 Å². The van der Waals surface area contributed by atoms with E-state index in [4.69, 9.17) is 23.2 Å². The van der Waals surface area contributed by atoms with E-state index in [2.05, 4.69) is 5.32 Å². The summed E-state index contributed by atoms with van der Waals surface area (Å²) >= 11 is 12.9. The molecule has 10 heteroatoms. The number of nitrogens with one attached hydrogen (secondary N) is 1. The van der Waals surface area contributed by atoms with E-state index >= 15 is 0 Å². The zero-order valence-corrected chi connectivity index (χ0v) is 20.2. The lowest BCUT2D eigenvalue weighted by molar-refractivity contribution is -0.138. The Kier molecular flexibility index (Phi) is 8.25. The summed E-state index contributed by atoms with van der Waals surface area (Å²) in [6, 6.07) is 4.90. The minimum Gasteiger partial charge on any atom is -0.354 e. The van der Waals surface area contributed by atoms with E-state index < -0.39 is 11.1 Å². The van der Waals surface area contributed by atoms with Crippen LogP contribution in [0.2, 0.25) is 10.0 Å². The van der Waals surface area contributed by atoms with Crippen molar-refractivity contribution >= 4 is 64.0 Å². The second-order valence-electron chi connectivity index (χ2n) is 8.07. The lowest BCUT2D eigenvalue weighted by atomic mass is 9.96. The highest BCUT2D eigenvalue weighted by molar-refractivity contribution is 8.18. The van der Waals surface area contributed by atoms with E-state index in [0.29, 0.717) is 35.1 Å². The van der Waals surface area contributed by atoms with Gasteiger partial charge in [-0.25, -0.2) is 0 Å². The average Bonchev–Trinajstić information content (AvgIpc) is 3.02. The third-order valence-corrected chi connectivity index (χ3v) is 6.82. The van der Waals surface area contributed by atoms with Crippen molar-refractivity contribution < 1.29 is 19.2 Å². The molecule has 4 amide bonds. The lowest BCUT2D eigenvalue weighted by Crippen LogP contribution is -2.47. The van der Waals surface area contributed by atoms with Crippen LogP contribution in [0.4, 0.5) is 4.79 Å². The summed E-state index contributed by atoms with van der Waals surface area (Å²) in [6.45, 7) is 4.98. The molecule has 3 rings (SSSR count). The van der Waals surface area contributed by atoms with Gasteiger partial charge in [-0.15, -0.1) is 0 Å². The minimum atomic E-state index is -0.424. The third kappa shape index (κ3) is 5.85. The van der Waals surface area contributed by atoms with Crippen LogP contribution in [0, 0.1) is 11.8 Å². The molecular weight excluding hydrogens is 473 g/mol. The predicted octanol–water partition coefficient (Wildman–Crippen LogP) is 4.04. The van der Waals surface area contributed by atoms with Gasteiger partial charge in [0.25, 0.3) is 11.1 Å². The molecule has 0 radical (unpaired) electrons. The van der Waals surface area contributed by atoms with E-state index in [1.165, 1.54) is 0 Å². The molecule has 0 bridgehead atoms. The highest BCUT2D eigenvalue weighted by Gasteiger charge is 2.35. The van der Waals surface area contributed by atoms with E-state index in [1.807, 2.05) is 13.8 Å². The van der Waals surface area contributed by atoms with Crippen LogP contribution in [-0.4, -0.2) is 58.9 Å². The zero-order valence-electron chi connectivity index (χ0n) is 17.9. The molecule has 0 aromatic heterocycles. The number of thioether (sulfide) groups is 1. The van der Waals surface area contributed by atoms with Crippen LogP contribution >= 0.6 is 35.0 Å². The summed E-state index contributed by atoms with van der Waals surface area (Å²) in [5, 5.41) is 3.27. The molecule has 1 N–H and O–H groups in total. The van der Waals surface area contributed by atoms with Crippen molar-refractivity contribution in [3.8, 4) is 0 Å². The number of nitrogens with zero attached hydrogens (tertiary/aromatic N) is 2. The number of benzene rings is 1. The largest absolute Gasteiger partial charge is 0.354 e. The summed E-state index contributed by atoms with van der Waals surface area (Å²) in [7, 11) is 0. The van der Waals surface area contributed by atoms with Crippen LogP contribution in [0.25, 0.3) is 6.08 Å². The summed E-state index contributed by atoms with van der Waals surface area (Å²) < 4.78 is 0. The Morgan fingerprint density at radius 3 is 2.72 bits per heavy atom. The maximum Gasteiger partial charge on any atom is 0.293 e. The van der Waals surface area contributed by atoms with E-state index in [-0.39, 0.29) is 41.6 Å². The SMILES string of the molecule is CC(C)C(=O)N1CCCC(C(=O)NCCN2C(=O)S/C(=C\c3ccc(Cl)cc3Cl)C2=O)C1. The van der Waals surface area contributed by atoms with Gasteiger partial charge >= 0.3 is 0 Å². The van der Waals surface area contributed by atoms with Gasteiger partial charge in [0.2, 0.25) is 11.8 Å². The van der Waals surface area contributed by atoms with E-state index in [1.54, 1.807) is 29.2 Å². The number of piperidine rings is 1. The fourth-order valence-corrected chi connectivity index (χ4v) is 4.96. The molecule has 2 fully saturated rings. The Hall–Kier alpha value is -2.03. The predicted molar refractivity (Wildman–Crippen MR) is 126 cm³/mol. The van der Waals surface area contributed by atoms with Crippen LogP contribution in [-0.2, 0) is 14.4 Å². The number of amides is 4. The molecule has 1 atom stereocenters. The van der Waals surface area contributed by atoms with Gasteiger partial charge in [-0.1, -0.05) is 43.1 Å². The van der Waals surface area contributed by atoms with Gasteiger partial charge in [-0.2, -0.15) is 0 Å². The molecule has 2 heterocycles. The normalized spacial score (nSPS) is 20.4. The van der Waals surface area contributed by atoms with Crippen molar-refractivity contribution in [1.82, 2.24) is 15.1 Å². The summed E-state index contributed by atoms with van der Waals surface area (Å²) in [6.07, 6.45) is 3.04. The molecule has 1 unspecified atom stereocenters. The summed E-state index contributed by atoms with van der Waals surface area (Å²) in [5.41, 5.74) is 0.590. The number of rotatable bonds is 6. The number of carbonyl (C=O) groups excluding carboxylic acids is 4. The molecule has 1 aromatic rings. The maximum absolute atomic E-state index is 12.6. The van der Waals surface area contributed by atoms with Gasteiger partial charge in [0.15, 0.2) is 0 Å². The monoisotopic (exact) mass is 497 g/mol. The van der Waals surface area contributed by atoms with Crippen molar-refractivity contribution in [3.63, 3.8) is 0 Å². The van der Waals surface area contributed by atoms with Crippen molar-refractivity contribution in [2.45, 2.75) is 26.7 Å². The maximum atomic E-state index is 12.6. The second-order valence-corrected chi connectivity index (χ2v) is 9.91.